The van der Waals surface area contributed by atoms with Gasteiger partial charge in [-0.05, 0) is 38.4 Å². The number of thiazole rings is 1. The van der Waals surface area contributed by atoms with Crippen LogP contribution in [0.1, 0.15) is 18.4 Å². The second kappa shape index (κ2) is 7.36. The van der Waals surface area contributed by atoms with Crippen molar-refractivity contribution in [1.82, 2.24) is 14.3 Å². The topological polar surface area (TPSA) is 84.2 Å². The lowest BCUT2D eigenvalue weighted by Crippen LogP contribution is -2.50. The molecule has 2 fully saturated rings. The lowest BCUT2D eigenvalue weighted by atomic mass is 10.2. The number of hydrogen-bond acceptors (Lipinski definition) is 8. The predicted octanol–water partition coefficient (Wildman–Crippen LogP) is 2.12. The molecule has 0 spiro atoms. The minimum Gasteiger partial charge on any atom is -0.359 e. The maximum absolute atomic E-state index is 12.6. The molecule has 158 valence electrons. The molecule has 0 unspecified atom stereocenters. The zero-order valence-corrected chi connectivity index (χ0v) is 18.2. The first kappa shape index (κ1) is 19.5. The largest absolute Gasteiger partial charge is 0.359 e. The average Bonchev–Trinajstić information content (AvgIpc) is 3.34. The molecule has 2 saturated heterocycles. The molecule has 2 aliphatic heterocycles. The Labute approximate surface area is 178 Å². The van der Waals surface area contributed by atoms with Crippen molar-refractivity contribution in [1.29, 1.82) is 0 Å². The van der Waals surface area contributed by atoms with E-state index in [2.05, 4.69) is 14.8 Å². The molecule has 0 bridgehead atoms. The fraction of sp³-hybridized carbons (Fsp3) is 0.400. The van der Waals surface area contributed by atoms with Crippen LogP contribution in [-0.2, 0) is 10.1 Å². The number of aryl methyl sites for hydroxylation is 1. The van der Waals surface area contributed by atoms with E-state index in [1.165, 1.54) is 47.3 Å². The van der Waals surface area contributed by atoms with E-state index in [0.717, 1.165) is 36.3 Å². The monoisotopic (exact) mass is 446 g/mol. The van der Waals surface area contributed by atoms with E-state index in [1.807, 2.05) is 6.92 Å². The van der Waals surface area contributed by atoms with Crippen LogP contribution in [0.25, 0.3) is 4.96 Å². The van der Waals surface area contributed by atoms with Crippen LogP contribution in [0.2, 0.25) is 0 Å². The smallest absolute Gasteiger partial charge is 0.340 e. The number of fused-ring (bicyclic) bond motifs is 2. The molecular formula is C20H22N4O4S2. The summed E-state index contributed by atoms with van der Waals surface area (Å²) in [6.07, 6.45) is 4.23. The van der Waals surface area contributed by atoms with Gasteiger partial charge >= 0.3 is 10.1 Å². The summed E-state index contributed by atoms with van der Waals surface area (Å²) in [5, 5.41) is 0.963. The fourth-order valence-electron chi connectivity index (χ4n) is 4.12. The van der Waals surface area contributed by atoms with Crippen molar-refractivity contribution in [2.24, 2.45) is 0 Å². The summed E-state index contributed by atoms with van der Waals surface area (Å²) in [4.78, 5) is 22.1. The maximum Gasteiger partial charge on any atom is 0.340 e. The molecule has 2 aromatic heterocycles. The van der Waals surface area contributed by atoms with Crippen LogP contribution >= 0.6 is 11.3 Å². The Balaban J connectivity index is 1.42. The number of piperazine rings is 1. The van der Waals surface area contributed by atoms with Gasteiger partial charge in [0.25, 0.3) is 5.56 Å². The van der Waals surface area contributed by atoms with Crippen molar-refractivity contribution in [3.63, 3.8) is 0 Å². The second-order valence-electron chi connectivity index (χ2n) is 7.78. The standard InChI is InChI=1S/C20H22N4O4S2/c1-14-4-6-16(7-5-14)30(26,27)28-17-11-18(25)24-13-19(29-20(24)21-17)23-10-9-22-8-2-3-15(22)12-23/h4-7,11,13,15H,2-3,8-10,12H2,1H3/t15-/m0/s1. The van der Waals surface area contributed by atoms with E-state index < -0.39 is 10.1 Å². The summed E-state index contributed by atoms with van der Waals surface area (Å²) in [5.74, 6) is -0.213. The van der Waals surface area contributed by atoms with Crippen LogP contribution in [0.5, 0.6) is 5.88 Å². The summed E-state index contributed by atoms with van der Waals surface area (Å²) in [5.41, 5.74) is 0.576. The Morgan fingerprint density at radius 1 is 1.17 bits per heavy atom. The first-order valence-electron chi connectivity index (χ1n) is 9.92. The van der Waals surface area contributed by atoms with Crippen LogP contribution in [0.15, 0.2) is 46.2 Å². The highest BCUT2D eigenvalue weighted by molar-refractivity contribution is 7.87. The van der Waals surface area contributed by atoms with Crippen LogP contribution in [0, 0.1) is 6.92 Å². The summed E-state index contributed by atoms with van der Waals surface area (Å²) in [7, 11) is -4.06. The molecule has 0 radical (unpaired) electrons. The van der Waals surface area contributed by atoms with Crippen LogP contribution in [0.3, 0.4) is 0 Å². The minimum atomic E-state index is -4.06. The second-order valence-corrected chi connectivity index (χ2v) is 10.3. The number of hydrogen-bond donors (Lipinski definition) is 0. The lowest BCUT2D eigenvalue weighted by Gasteiger charge is -2.37. The first-order chi connectivity index (χ1) is 14.4. The summed E-state index contributed by atoms with van der Waals surface area (Å²) < 4.78 is 31.7. The van der Waals surface area contributed by atoms with E-state index in [1.54, 1.807) is 18.3 Å². The minimum absolute atomic E-state index is 0.0244. The summed E-state index contributed by atoms with van der Waals surface area (Å²) >= 11 is 1.37. The molecule has 2 aliphatic rings. The van der Waals surface area contributed by atoms with E-state index in [-0.39, 0.29) is 16.3 Å². The molecule has 0 saturated carbocycles. The van der Waals surface area contributed by atoms with Gasteiger partial charge in [-0.1, -0.05) is 29.0 Å². The number of rotatable bonds is 4. The third-order valence-corrected chi connectivity index (χ3v) is 8.02. The molecule has 8 nitrogen and oxygen atoms in total. The van der Waals surface area contributed by atoms with E-state index >= 15 is 0 Å². The molecule has 0 amide bonds. The Morgan fingerprint density at radius 3 is 2.77 bits per heavy atom. The van der Waals surface area contributed by atoms with Crippen molar-refractivity contribution in [2.45, 2.75) is 30.7 Å². The maximum atomic E-state index is 12.6. The molecular weight excluding hydrogens is 424 g/mol. The Hall–Kier alpha value is -2.43. The van der Waals surface area contributed by atoms with Gasteiger partial charge < -0.3 is 9.08 Å². The molecule has 5 rings (SSSR count). The summed E-state index contributed by atoms with van der Waals surface area (Å²) in [6.45, 7) is 5.90. The van der Waals surface area contributed by atoms with E-state index in [0.29, 0.717) is 11.0 Å². The van der Waals surface area contributed by atoms with Crippen molar-refractivity contribution in [3.05, 3.63) is 52.4 Å². The number of nitrogens with zero attached hydrogens (tertiary/aromatic N) is 4. The highest BCUT2D eigenvalue weighted by Gasteiger charge is 2.31. The Kier molecular flexibility index (Phi) is 4.79. The lowest BCUT2D eigenvalue weighted by molar-refractivity contribution is 0.231. The zero-order chi connectivity index (χ0) is 20.9. The van der Waals surface area contributed by atoms with Gasteiger partial charge in [0.2, 0.25) is 10.8 Å². The van der Waals surface area contributed by atoms with Gasteiger partial charge in [0.05, 0.1) is 6.07 Å². The van der Waals surface area contributed by atoms with Crippen molar-refractivity contribution in [2.75, 3.05) is 31.1 Å². The molecule has 30 heavy (non-hydrogen) atoms. The number of anilines is 1. The Bertz CT molecular complexity index is 1250. The van der Waals surface area contributed by atoms with E-state index in [4.69, 9.17) is 4.18 Å². The third-order valence-electron chi connectivity index (χ3n) is 5.74. The normalized spacial score (nSPS) is 19.9. The average molecular weight is 447 g/mol. The number of aromatic nitrogens is 2. The third kappa shape index (κ3) is 3.59. The molecule has 4 heterocycles. The van der Waals surface area contributed by atoms with Gasteiger partial charge in [0.15, 0.2) is 0 Å². The molecule has 10 heteroatoms. The highest BCUT2D eigenvalue weighted by atomic mass is 32.2. The van der Waals surface area contributed by atoms with Crippen molar-refractivity contribution < 1.29 is 12.6 Å². The number of benzene rings is 1. The van der Waals surface area contributed by atoms with Gasteiger partial charge in [0, 0.05) is 31.9 Å². The first-order valence-corrected chi connectivity index (χ1v) is 12.1. The van der Waals surface area contributed by atoms with Gasteiger partial charge in [-0.15, -0.1) is 0 Å². The van der Waals surface area contributed by atoms with Crippen LogP contribution in [-0.4, -0.2) is 54.9 Å². The van der Waals surface area contributed by atoms with Crippen LogP contribution in [0.4, 0.5) is 5.00 Å². The molecule has 1 aromatic carbocycles. The molecule has 0 aliphatic carbocycles. The van der Waals surface area contributed by atoms with Gasteiger partial charge in [0.1, 0.15) is 9.90 Å². The predicted molar refractivity (Wildman–Crippen MR) is 115 cm³/mol. The Morgan fingerprint density at radius 2 is 1.97 bits per heavy atom. The summed E-state index contributed by atoms with van der Waals surface area (Å²) in [6, 6.07) is 8.01. The van der Waals surface area contributed by atoms with Crippen LogP contribution < -0.4 is 14.6 Å². The molecule has 1 atom stereocenters. The highest BCUT2D eigenvalue weighted by Crippen LogP contribution is 2.30. The van der Waals surface area contributed by atoms with Gasteiger partial charge in [-0.25, -0.2) is 0 Å². The fourth-order valence-corrected chi connectivity index (χ4v) is 6.01. The van der Waals surface area contributed by atoms with Gasteiger partial charge in [-0.2, -0.15) is 13.4 Å². The van der Waals surface area contributed by atoms with Crippen molar-refractivity contribution >= 4 is 31.4 Å². The van der Waals surface area contributed by atoms with Gasteiger partial charge in [-0.3, -0.25) is 14.1 Å². The van der Waals surface area contributed by atoms with E-state index in [9.17, 15) is 13.2 Å². The zero-order valence-electron chi connectivity index (χ0n) is 16.5. The quantitative estimate of drug-likeness (QED) is 0.568. The molecule has 3 aromatic rings. The molecule has 0 N–H and O–H groups in total. The van der Waals surface area contributed by atoms with Crippen molar-refractivity contribution in [3.8, 4) is 5.88 Å². The SMILES string of the molecule is Cc1ccc(S(=O)(=O)Oc2cc(=O)n3cc(N4CCN5CCC[C@H]5C4)sc3n2)cc1.